The van der Waals surface area contributed by atoms with Crippen molar-refractivity contribution in [3.63, 3.8) is 0 Å². The molecule has 0 aliphatic carbocycles. The van der Waals surface area contributed by atoms with E-state index < -0.39 is 0 Å². The van der Waals surface area contributed by atoms with Crippen LogP contribution in [0.25, 0.3) is 0 Å². The third-order valence-electron chi connectivity index (χ3n) is 2.06. The fourth-order valence-electron chi connectivity index (χ4n) is 1.43. The number of halogens is 1. The van der Waals surface area contributed by atoms with E-state index in [4.69, 9.17) is 4.74 Å². The predicted octanol–water partition coefficient (Wildman–Crippen LogP) is 2.12. The summed E-state index contributed by atoms with van der Waals surface area (Å²) in [5, 5.41) is 3.18. The molecule has 0 aromatic heterocycles. The highest BCUT2D eigenvalue weighted by atomic mass is 19.1. The Morgan fingerprint density at radius 1 is 1.43 bits per heavy atom. The largest absolute Gasteiger partial charge is 0.383 e. The average Bonchev–Trinajstić information content (AvgIpc) is 2.18. The van der Waals surface area contributed by atoms with Gasteiger partial charge >= 0.3 is 0 Å². The second-order valence-electron chi connectivity index (χ2n) is 3.09. The van der Waals surface area contributed by atoms with Gasteiger partial charge in [-0.2, -0.15) is 0 Å². The van der Waals surface area contributed by atoms with Gasteiger partial charge < -0.3 is 10.1 Å². The van der Waals surface area contributed by atoms with Crippen molar-refractivity contribution in [2.45, 2.75) is 13.0 Å². The van der Waals surface area contributed by atoms with Gasteiger partial charge in [-0.25, -0.2) is 4.39 Å². The van der Waals surface area contributed by atoms with Gasteiger partial charge in [-0.1, -0.05) is 25.1 Å². The quantitative estimate of drug-likeness (QED) is 0.780. The molecule has 1 rings (SSSR count). The third kappa shape index (κ3) is 2.79. The van der Waals surface area contributed by atoms with Crippen LogP contribution in [0, 0.1) is 5.82 Å². The first kappa shape index (κ1) is 11.1. The standard InChI is InChI=1S/C11H16FNO/c1-3-13-11(8-14-2)9-6-4-5-7-10(9)12/h4-7,11,13H,3,8H2,1-2H3. The number of rotatable bonds is 5. The summed E-state index contributed by atoms with van der Waals surface area (Å²) in [5.74, 6) is -0.185. The van der Waals surface area contributed by atoms with Crippen molar-refractivity contribution in [1.29, 1.82) is 0 Å². The van der Waals surface area contributed by atoms with Crippen LogP contribution in [0.5, 0.6) is 0 Å². The van der Waals surface area contributed by atoms with Gasteiger partial charge in [0.25, 0.3) is 0 Å². The van der Waals surface area contributed by atoms with Gasteiger partial charge in [0, 0.05) is 12.7 Å². The summed E-state index contributed by atoms with van der Waals surface area (Å²) in [6.07, 6.45) is 0. The van der Waals surface area contributed by atoms with Crippen molar-refractivity contribution in [2.75, 3.05) is 20.3 Å². The highest BCUT2D eigenvalue weighted by molar-refractivity contribution is 5.21. The molecule has 1 unspecified atom stereocenters. The van der Waals surface area contributed by atoms with Gasteiger partial charge in [0.15, 0.2) is 0 Å². The first-order valence-corrected chi connectivity index (χ1v) is 4.76. The fraction of sp³-hybridized carbons (Fsp3) is 0.455. The molecule has 0 fully saturated rings. The molecule has 0 aliphatic heterocycles. The molecule has 0 saturated carbocycles. The molecular weight excluding hydrogens is 181 g/mol. The van der Waals surface area contributed by atoms with Gasteiger partial charge in [-0.3, -0.25) is 0 Å². The van der Waals surface area contributed by atoms with Crippen LogP contribution in [-0.4, -0.2) is 20.3 Å². The van der Waals surface area contributed by atoms with E-state index >= 15 is 0 Å². The summed E-state index contributed by atoms with van der Waals surface area (Å²) < 4.78 is 18.4. The van der Waals surface area contributed by atoms with Gasteiger partial charge in [-0.15, -0.1) is 0 Å². The minimum atomic E-state index is -0.185. The third-order valence-corrected chi connectivity index (χ3v) is 2.06. The summed E-state index contributed by atoms with van der Waals surface area (Å²) >= 11 is 0. The maximum Gasteiger partial charge on any atom is 0.128 e. The number of ether oxygens (including phenoxy) is 1. The molecule has 2 nitrogen and oxygen atoms in total. The van der Waals surface area contributed by atoms with Crippen molar-refractivity contribution in [2.24, 2.45) is 0 Å². The van der Waals surface area contributed by atoms with Crippen LogP contribution in [-0.2, 0) is 4.74 Å². The van der Waals surface area contributed by atoms with E-state index in [1.807, 2.05) is 13.0 Å². The highest BCUT2D eigenvalue weighted by Crippen LogP contribution is 2.16. The number of likely N-dealkylation sites (N-methyl/N-ethyl adjacent to an activating group) is 1. The van der Waals surface area contributed by atoms with E-state index in [1.165, 1.54) is 6.07 Å². The second-order valence-corrected chi connectivity index (χ2v) is 3.09. The molecule has 1 atom stereocenters. The van der Waals surface area contributed by atoms with Gasteiger partial charge in [0.2, 0.25) is 0 Å². The Kier molecular flexibility index (Phi) is 4.56. The summed E-state index contributed by atoms with van der Waals surface area (Å²) in [5.41, 5.74) is 0.663. The lowest BCUT2D eigenvalue weighted by Gasteiger charge is -2.17. The first-order chi connectivity index (χ1) is 6.79. The fourth-order valence-corrected chi connectivity index (χ4v) is 1.43. The minimum absolute atomic E-state index is 0.0637. The Morgan fingerprint density at radius 3 is 2.71 bits per heavy atom. The van der Waals surface area contributed by atoms with Crippen LogP contribution in [0.1, 0.15) is 18.5 Å². The SMILES string of the molecule is CCNC(COC)c1ccccc1F. The van der Waals surface area contributed by atoms with Gasteiger partial charge in [0.1, 0.15) is 5.82 Å². The van der Waals surface area contributed by atoms with E-state index in [-0.39, 0.29) is 11.9 Å². The lowest BCUT2D eigenvalue weighted by atomic mass is 10.1. The van der Waals surface area contributed by atoms with Crippen LogP contribution in [0.15, 0.2) is 24.3 Å². The highest BCUT2D eigenvalue weighted by Gasteiger charge is 2.13. The molecule has 0 heterocycles. The molecule has 0 amide bonds. The number of nitrogens with one attached hydrogen (secondary N) is 1. The molecule has 0 spiro atoms. The van der Waals surface area contributed by atoms with E-state index in [9.17, 15) is 4.39 Å². The Bertz CT molecular complexity index is 272. The van der Waals surface area contributed by atoms with Crippen molar-refractivity contribution in [1.82, 2.24) is 5.32 Å². The summed E-state index contributed by atoms with van der Waals surface area (Å²) in [6, 6.07) is 6.70. The van der Waals surface area contributed by atoms with Gasteiger partial charge in [-0.05, 0) is 12.6 Å². The zero-order valence-electron chi connectivity index (χ0n) is 8.59. The summed E-state index contributed by atoms with van der Waals surface area (Å²) in [6.45, 7) is 3.26. The van der Waals surface area contributed by atoms with Crippen LogP contribution >= 0.6 is 0 Å². The maximum atomic E-state index is 13.4. The molecule has 1 aromatic rings. The maximum absolute atomic E-state index is 13.4. The zero-order valence-corrected chi connectivity index (χ0v) is 8.59. The zero-order chi connectivity index (χ0) is 10.4. The van der Waals surface area contributed by atoms with E-state index in [0.717, 1.165) is 6.54 Å². The molecule has 14 heavy (non-hydrogen) atoms. The Morgan fingerprint density at radius 2 is 2.14 bits per heavy atom. The summed E-state index contributed by atoms with van der Waals surface area (Å²) in [4.78, 5) is 0. The van der Waals surface area contributed by atoms with Crippen LogP contribution in [0.2, 0.25) is 0 Å². The molecule has 0 bridgehead atoms. The molecule has 1 N–H and O–H groups in total. The van der Waals surface area contributed by atoms with E-state index in [2.05, 4.69) is 5.32 Å². The number of benzene rings is 1. The number of methoxy groups -OCH3 is 1. The monoisotopic (exact) mass is 197 g/mol. The molecule has 1 aromatic carbocycles. The van der Waals surface area contributed by atoms with Crippen LogP contribution < -0.4 is 5.32 Å². The predicted molar refractivity (Wildman–Crippen MR) is 54.7 cm³/mol. The first-order valence-electron chi connectivity index (χ1n) is 4.76. The summed E-state index contributed by atoms with van der Waals surface area (Å²) in [7, 11) is 1.62. The lowest BCUT2D eigenvalue weighted by molar-refractivity contribution is 0.166. The topological polar surface area (TPSA) is 21.3 Å². The smallest absolute Gasteiger partial charge is 0.128 e. The number of hydrogen-bond donors (Lipinski definition) is 1. The average molecular weight is 197 g/mol. The van der Waals surface area contributed by atoms with Crippen molar-refractivity contribution in [3.05, 3.63) is 35.6 Å². The van der Waals surface area contributed by atoms with Gasteiger partial charge in [0.05, 0.1) is 12.6 Å². The molecular formula is C11H16FNO. The lowest BCUT2D eigenvalue weighted by Crippen LogP contribution is -2.25. The van der Waals surface area contributed by atoms with E-state index in [1.54, 1.807) is 19.2 Å². The van der Waals surface area contributed by atoms with E-state index in [0.29, 0.717) is 12.2 Å². The Hall–Kier alpha value is -0.930. The normalized spacial score (nSPS) is 12.8. The van der Waals surface area contributed by atoms with Crippen molar-refractivity contribution >= 4 is 0 Å². The van der Waals surface area contributed by atoms with Crippen LogP contribution in [0.4, 0.5) is 4.39 Å². The van der Waals surface area contributed by atoms with Crippen LogP contribution in [0.3, 0.4) is 0 Å². The van der Waals surface area contributed by atoms with Crippen molar-refractivity contribution < 1.29 is 9.13 Å². The molecule has 0 aliphatic rings. The minimum Gasteiger partial charge on any atom is -0.383 e. The number of hydrogen-bond acceptors (Lipinski definition) is 2. The second kappa shape index (κ2) is 5.73. The Labute approximate surface area is 84.1 Å². The molecule has 3 heteroatoms. The Balaban J connectivity index is 2.81. The molecule has 0 radical (unpaired) electrons. The molecule has 78 valence electrons. The van der Waals surface area contributed by atoms with Crippen molar-refractivity contribution in [3.8, 4) is 0 Å². The molecule has 0 saturated heterocycles.